The molecule has 0 saturated carbocycles. The molecule has 3 aromatic rings. The van der Waals surface area contributed by atoms with Crippen LogP contribution in [-0.2, 0) is 28.9 Å². The number of morpholine rings is 1. The van der Waals surface area contributed by atoms with Crippen LogP contribution in [0.3, 0.4) is 0 Å². The van der Waals surface area contributed by atoms with Gasteiger partial charge in [0.25, 0.3) is 0 Å². The van der Waals surface area contributed by atoms with Gasteiger partial charge in [-0.3, -0.25) is 9.88 Å². The van der Waals surface area contributed by atoms with E-state index in [1.807, 2.05) is 4.90 Å². The molecule has 0 radical (unpaired) electrons. The molecule has 1 aliphatic heterocycles. The highest BCUT2D eigenvalue weighted by atomic mass is 19.4. The lowest BCUT2D eigenvalue weighted by Crippen LogP contribution is -2.46. The lowest BCUT2D eigenvalue weighted by Gasteiger charge is -2.41. The van der Waals surface area contributed by atoms with Crippen molar-refractivity contribution in [3.05, 3.63) is 86.8 Å². The van der Waals surface area contributed by atoms with E-state index in [2.05, 4.69) is 15.2 Å². The summed E-state index contributed by atoms with van der Waals surface area (Å²) in [5.41, 5.74) is -0.783. The van der Waals surface area contributed by atoms with Crippen LogP contribution in [0.1, 0.15) is 47.1 Å². The van der Waals surface area contributed by atoms with Gasteiger partial charge in [0.05, 0.1) is 30.9 Å². The van der Waals surface area contributed by atoms with Crippen LogP contribution in [0, 0.1) is 5.82 Å². The summed E-state index contributed by atoms with van der Waals surface area (Å²) in [7, 11) is 0. The molecule has 2 aromatic carbocycles. The number of alkyl halides is 4. The number of rotatable bonds is 7. The van der Waals surface area contributed by atoms with Crippen molar-refractivity contribution in [2.75, 3.05) is 13.2 Å². The predicted molar refractivity (Wildman–Crippen MR) is 114 cm³/mol. The first kappa shape index (κ1) is 25.0. The zero-order valence-corrected chi connectivity index (χ0v) is 18.6. The lowest BCUT2D eigenvalue weighted by atomic mass is 10.0. The average Bonchev–Trinajstić information content (AvgIpc) is 3.23. The molecule has 1 aliphatic rings. The maximum absolute atomic E-state index is 13.6. The molecule has 1 saturated heterocycles. The zero-order valence-electron chi connectivity index (χ0n) is 18.6. The van der Waals surface area contributed by atoms with Gasteiger partial charge in [0.2, 0.25) is 0 Å². The highest BCUT2D eigenvalue weighted by Crippen LogP contribution is 2.37. The fourth-order valence-electron chi connectivity index (χ4n) is 4.05. The number of benzene rings is 2. The highest BCUT2D eigenvalue weighted by Gasteiger charge is 2.37. The van der Waals surface area contributed by atoms with E-state index < -0.39 is 48.4 Å². The molecule has 2 heterocycles. The number of hydrogen-bond acceptors (Lipinski definition) is 5. The van der Waals surface area contributed by atoms with Crippen LogP contribution in [0.2, 0.25) is 0 Å². The molecule has 2 N–H and O–H groups in total. The maximum atomic E-state index is 13.6. The molecule has 35 heavy (non-hydrogen) atoms. The summed E-state index contributed by atoms with van der Waals surface area (Å²) in [5, 5.41) is 6.21. The van der Waals surface area contributed by atoms with Gasteiger partial charge in [-0.2, -0.15) is 18.3 Å². The minimum absolute atomic E-state index is 0.117. The van der Waals surface area contributed by atoms with Crippen molar-refractivity contribution < 1.29 is 31.4 Å². The van der Waals surface area contributed by atoms with Gasteiger partial charge in [-0.05, 0) is 47.9 Å². The number of H-pyrrole nitrogens is 2. The van der Waals surface area contributed by atoms with E-state index in [4.69, 9.17) is 9.47 Å². The first-order chi connectivity index (χ1) is 16.6. The smallest absolute Gasteiger partial charge is 0.349 e. The number of nitrogens with one attached hydrogen (secondary N) is 2. The summed E-state index contributed by atoms with van der Waals surface area (Å²) in [6.07, 6.45) is -6.49. The third kappa shape index (κ3) is 5.95. The van der Waals surface area contributed by atoms with Gasteiger partial charge < -0.3 is 9.47 Å². The molecular weight excluding hydrogens is 475 g/mol. The lowest BCUT2D eigenvalue weighted by molar-refractivity contribution is -0.231. The minimum atomic E-state index is -4.64. The van der Waals surface area contributed by atoms with E-state index >= 15 is 0 Å². The Morgan fingerprint density at radius 3 is 2.60 bits per heavy atom. The molecule has 12 heteroatoms. The van der Waals surface area contributed by atoms with Gasteiger partial charge in [-0.25, -0.2) is 18.7 Å². The zero-order chi connectivity index (χ0) is 25.2. The first-order valence-corrected chi connectivity index (χ1v) is 10.8. The second-order valence-corrected chi connectivity index (χ2v) is 8.20. The predicted octanol–water partition coefficient (Wildman–Crippen LogP) is 4.40. The van der Waals surface area contributed by atoms with Gasteiger partial charge in [-0.15, -0.1) is 0 Å². The van der Waals surface area contributed by atoms with Crippen molar-refractivity contribution in [2.24, 2.45) is 0 Å². The molecule has 4 rings (SSSR count). The first-order valence-electron chi connectivity index (χ1n) is 10.8. The van der Waals surface area contributed by atoms with Crippen molar-refractivity contribution in [1.82, 2.24) is 20.1 Å². The summed E-state index contributed by atoms with van der Waals surface area (Å²) in [6.45, 7) is 1.33. The summed E-state index contributed by atoms with van der Waals surface area (Å²) in [5.74, 6) is -0.0801. The van der Waals surface area contributed by atoms with Crippen molar-refractivity contribution in [3.63, 3.8) is 0 Å². The monoisotopic (exact) mass is 498 g/mol. The van der Waals surface area contributed by atoms with Gasteiger partial charge in [0, 0.05) is 6.54 Å². The third-order valence-electron chi connectivity index (χ3n) is 5.73. The molecule has 0 amide bonds. The molecule has 1 aromatic heterocycles. The van der Waals surface area contributed by atoms with Crippen LogP contribution in [0.4, 0.5) is 22.0 Å². The maximum Gasteiger partial charge on any atom is 0.416 e. The van der Waals surface area contributed by atoms with E-state index in [9.17, 15) is 26.7 Å². The van der Waals surface area contributed by atoms with Crippen molar-refractivity contribution in [3.8, 4) is 0 Å². The molecule has 1 fully saturated rings. The van der Waals surface area contributed by atoms with Crippen LogP contribution < -0.4 is 5.69 Å². The Bertz CT molecular complexity index is 1190. The van der Waals surface area contributed by atoms with E-state index in [1.165, 1.54) is 18.2 Å². The van der Waals surface area contributed by atoms with Gasteiger partial charge in [0.1, 0.15) is 18.3 Å². The van der Waals surface area contributed by atoms with E-state index in [-0.39, 0.29) is 24.3 Å². The molecule has 3 atom stereocenters. The third-order valence-corrected chi connectivity index (χ3v) is 5.73. The average molecular weight is 498 g/mol. The number of halogens is 5. The van der Waals surface area contributed by atoms with Gasteiger partial charge in [0.15, 0.2) is 6.29 Å². The molecular formula is C23H23F5N4O3. The molecule has 188 valence electrons. The standard InChI is InChI=1S/C23H23F5N4O3/c1-13(16-8-14(11-24)9-17(10-16)23(26,27)28)35-21-20(15-2-4-18(25)5-3-15)32(6-7-34-21)12-19-29-22(33)31-30-19/h2-5,8-10,13,20-21H,6-7,11-12H2,1H3,(H2,29,30,31,33)/t13-,20+,21-/m1/s1. The summed E-state index contributed by atoms with van der Waals surface area (Å²) < 4.78 is 78.7. The van der Waals surface area contributed by atoms with Gasteiger partial charge >= 0.3 is 11.9 Å². The van der Waals surface area contributed by atoms with Gasteiger partial charge in [-0.1, -0.05) is 18.2 Å². The number of aromatic nitrogens is 3. The summed E-state index contributed by atoms with van der Waals surface area (Å²) >= 11 is 0. The summed E-state index contributed by atoms with van der Waals surface area (Å²) in [4.78, 5) is 15.9. The normalized spacial score (nSPS) is 20.2. The van der Waals surface area contributed by atoms with Crippen molar-refractivity contribution in [2.45, 2.75) is 44.8 Å². The fraction of sp³-hybridized carbons (Fsp3) is 0.391. The fourth-order valence-corrected chi connectivity index (χ4v) is 4.05. The SMILES string of the molecule is C[C@@H](O[C@H]1OCCN(Cc2n[nH]c(=O)[nH]2)[C@H]1c1ccc(F)cc1)c1cc(CF)cc(C(F)(F)F)c1. The van der Waals surface area contributed by atoms with Crippen LogP contribution in [0.25, 0.3) is 0 Å². The molecule has 0 bridgehead atoms. The second-order valence-electron chi connectivity index (χ2n) is 8.20. The Morgan fingerprint density at radius 2 is 1.97 bits per heavy atom. The molecule has 0 aliphatic carbocycles. The van der Waals surface area contributed by atoms with Crippen molar-refractivity contribution in [1.29, 1.82) is 0 Å². The topological polar surface area (TPSA) is 83.2 Å². The number of aromatic amines is 2. The summed E-state index contributed by atoms with van der Waals surface area (Å²) in [6, 6.07) is 8.08. The van der Waals surface area contributed by atoms with Crippen LogP contribution in [0.5, 0.6) is 0 Å². The van der Waals surface area contributed by atoms with E-state index in [0.717, 1.165) is 12.1 Å². The Balaban J connectivity index is 1.63. The van der Waals surface area contributed by atoms with Crippen molar-refractivity contribution >= 4 is 0 Å². The van der Waals surface area contributed by atoms with Crippen LogP contribution in [-0.4, -0.2) is 39.5 Å². The molecule has 7 nitrogen and oxygen atoms in total. The molecule has 0 unspecified atom stereocenters. The number of hydrogen-bond donors (Lipinski definition) is 2. The van der Waals surface area contributed by atoms with Crippen LogP contribution in [0.15, 0.2) is 47.3 Å². The Morgan fingerprint density at radius 1 is 1.23 bits per heavy atom. The molecule has 0 spiro atoms. The number of ether oxygens (including phenoxy) is 2. The minimum Gasteiger partial charge on any atom is -0.349 e. The Labute approximate surface area is 196 Å². The number of nitrogens with zero attached hydrogens (tertiary/aromatic N) is 2. The van der Waals surface area contributed by atoms with Crippen LogP contribution >= 0.6 is 0 Å². The largest absolute Gasteiger partial charge is 0.416 e. The second kappa shape index (κ2) is 10.3. The Hall–Kier alpha value is -3.09. The van der Waals surface area contributed by atoms with E-state index in [0.29, 0.717) is 17.9 Å². The highest BCUT2D eigenvalue weighted by molar-refractivity contribution is 5.33. The Kier molecular flexibility index (Phi) is 7.33. The quantitative estimate of drug-likeness (QED) is 0.472. The van der Waals surface area contributed by atoms with E-state index in [1.54, 1.807) is 19.1 Å².